The van der Waals surface area contributed by atoms with Crippen LogP contribution in [0.3, 0.4) is 0 Å². The first-order valence-electron chi connectivity index (χ1n) is 7.43. The lowest BCUT2D eigenvalue weighted by Crippen LogP contribution is -2.29. The van der Waals surface area contributed by atoms with Gasteiger partial charge in [0.05, 0.1) is 12.7 Å². The summed E-state index contributed by atoms with van der Waals surface area (Å²) in [5.41, 5.74) is 1.03. The summed E-state index contributed by atoms with van der Waals surface area (Å²) in [5, 5.41) is 3.77. The van der Waals surface area contributed by atoms with Crippen molar-refractivity contribution in [1.82, 2.24) is 20.0 Å². The monoisotopic (exact) mass is 285 g/mol. The van der Waals surface area contributed by atoms with Crippen LogP contribution in [0.15, 0.2) is 29.2 Å². The Morgan fingerprint density at radius 3 is 2.67 bits per heavy atom. The largest absolute Gasteiger partial charge is 0.360 e. The summed E-state index contributed by atoms with van der Waals surface area (Å²) in [5.74, 6) is 3.48. The van der Waals surface area contributed by atoms with Crippen molar-refractivity contribution in [3.05, 3.63) is 36.1 Å². The van der Waals surface area contributed by atoms with E-state index in [4.69, 9.17) is 4.52 Å². The summed E-state index contributed by atoms with van der Waals surface area (Å²) in [7, 11) is 0. The highest BCUT2D eigenvalue weighted by atomic mass is 16.5. The van der Waals surface area contributed by atoms with Gasteiger partial charge in [0.2, 0.25) is 0 Å². The van der Waals surface area contributed by atoms with Gasteiger partial charge in [-0.1, -0.05) is 5.16 Å². The molecule has 6 nitrogen and oxygen atoms in total. The van der Waals surface area contributed by atoms with Crippen LogP contribution in [-0.2, 0) is 6.54 Å². The number of anilines is 1. The Kier molecular flexibility index (Phi) is 3.11. The van der Waals surface area contributed by atoms with Crippen LogP contribution < -0.4 is 4.90 Å². The van der Waals surface area contributed by atoms with Crippen molar-refractivity contribution in [2.24, 2.45) is 11.8 Å². The Morgan fingerprint density at radius 2 is 2.00 bits per heavy atom. The van der Waals surface area contributed by atoms with Gasteiger partial charge in [0.1, 0.15) is 12.1 Å². The molecule has 2 aromatic heterocycles. The third-order valence-electron chi connectivity index (χ3n) is 4.55. The molecule has 0 aliphatic carbocycles. The van der Waals surface area contributed by atoms with E-state index < -0.39 is 0 Å². The summed E-state index contributed by atoms with van der Waals surface area (Å²) in [6, 6.07) is 4.03. The topological polar surface area (TPSA) is 58.3 Å². The average molecular weight is 285 g/mol. The van der Waals surface area contributed by atoms with Gasteiger partial charge in [-0.15, -0.1) is 0 Å². The van der Waals surface area contributed by atoms with Gasteiger partial charge in [0.25, 0.3) is 0 Å². The molecule has 4 heterocycles. The second-order valence-electron chi connectivity index (χ2n) is 6.12. The van der Waals surface area contributed by atoms with E-state index in [-0.39, 0.29) is 0 Å². The highest BCUT2D eigenvalue weighted by Crippen LogP contribution is 2.33. The Bertz CT molecular complexity index is 600. The number of hydrogen-bond donors (Lipinski definition) is 0. The molecular formula is C15H19N5O. The molecule has 0 amide bonds. The van der Waals surface area contributed by atoms with Gasteiger partial charge in [-0.3, -0.25) is 4.90 Å². The number of aromatic nitrogens is 3. The molecule has 2 fully saturated rings. The molecule has 2 saturated heterocycles. The molecule has 4 rings (SSSR count). The van der Waals surface area contributed by atoms with Gasteiger partial charge in [-0.2, -0.15) is 0 Å². The molecule has 110 valence electrons. The maximum Gasteiger partial charge on any atom is 0.150 e. The lowest BCUT2D eigenvalue weighted by Gasteiger charge is -2.21. The molecule has 0 aromatic carbocycles. The van der Waals surface area contributed by atoms with Crippen molar-refractivity contribution < 1.29 is 4.52 Å². The van der Waals surface area contributed by atoms with Crippen molar-refractivity contribution >= 4 is 5.82 Å². The molecule has 2 aliphatic rings. The number of likely N-dealkylation sites (tertiary alicyclic amines) is 1. The lowest BCUT2D eigenvalue weighted by atomic mass is 10.0. The molecule has 0 N–H and O–H groups in total. The Labute approximate surface area is 123 Å². The normalized spacial score (nSPS) is 25.5. The number of rotatable bonds is 3. The number of hydrogen-bond acceptors (Lipinski definition) is 6. The van der Waals surface area contributed by atoms with Crippen molar-refractivity contribution in [3.8, 4) is 0 Å². The Balaban J connectivity index is 1.39. The molecule has 2 unspecified atom stereocenters. The standard InChI is InChI=1S/C15H19N5O/c1-11-4-15(17-10-16-11)20-7-12-5-19(6-13(12)8-20)9-14-2-3-18-21-14/h2-4,10,12-13H,5-9H2,1H3. The average Bonchev–Trinajstić information content (AvgIpc) is 3.14. The highest BCUT2D eigenvalue weighted by molar-refractivity contribution is 5.40. The van der Waals surface area contributed by atoms with Crippen LogP contribution in [0.1, 0.15) is 11.5 Å². The minimum Gasteiger partial charge on any atom is -0.360 e. The second kappa shape index (κ2) is 5.11. The van der Waals surface area contributed by atoms with Crippen LogP contribution in [0.2, 0.25) is 0 Å². The Morgan fingerprint density at radius 1 is 1.19 bits per heavy atom. The molecule has 6 heteroatoms. The molecule has 2 aromatic rings. The fraction of sp³-hybridized carbons (Fsp3) is 0.533. The fourth-order valence-electron chi connectivity index (χ4n) is 3.56. The summed E-state index contributed by atoms with van der Waals surface area (Å²) in [6.45, 7) is 7.33. The molecule has 2 aliphatic heterocycles. The van der Waals surface area contributed by atoms with E-state index >= 15 is 0 Å². The van der Waals surface area contributed by atoms with Crippen LogP contribution in [0.25, 0.3) is 0 Å². The van der Waals surface area contributed by atoms with Crippen molar-refractivity contribution in [2.75, 3.05) is 31.1 Å². The van der Waals surface area contributed by atoms with Gasteiger partial charge in [0, 0.05) is 44.0 Å². The molecule has 0 radical (unpaired) electrons. The van der Waals surface area contributed by atoms with Gasteiger partial charge in [0.15, 0.2) is 5.76 Å². The summed E-state index contributed by atoms with van der Waals surface area (Å²) >= 11 is 0. The van der Waals surface area contributed by atoms with Gasteiger partial charge in [-0.25, -0.2) is 9.97 Å². The molecule has 0 saturated carbocycles. The van der Waals surface area contributed by atoms with E-state index in [0.717, 1.165) is 61.8 Å². The zero-order valence-corrected chi connectivity index (χ0v) is 12.1. The van der Waals surface area contributed by atoms with E-state index in [0.29, 0.717) is 0 Å². The maximum atomic E-state index is 5.20. The quantitative estimate of drug-likeness (QED) is 0.848. The van der Waals surface area contributed by atoms with Crippen LogP contribution in [0.4, 0.5) is 5.82 Å². The molecule has 0 bridgehead atoms. The summed E-state index contributed by atoms with van der Waals surface area (Å²) in [4.78, 5) is 13.5. The SMILES string of the molecule is Cc1cc(N2CC3CN(Cc4ccno4)CC3C2)ncn1. The third-order valence-corrected chi connectivity index (χ3v) is 4.55. The highest BCUT2D eigenvalue weighted by Gasteiger charge is 2.40. The van der Waals surface area contributed by atoms with E-state index in [1.54, 1.807) is 12.5 Å². The van der Waals surface area contributed by atoms with Gasteiger partial charge < -0.3 is 9.42 Å². The van der Waals surface area contributed by atoms with Gasteiger partial charge >= 0.3 is 0 Å². The first-order valence-corrected chi connectivity index (χ1v) is 7.43. The van der Waals surface area contributed by atoms with Crippen LogP contribution in [0.5, 0.6) is 0 Å². The Hall–Kier alpha value is -1.95. The minimum atomic E-state index is 0.725. The van der Waals surface area contributed by atoms with Crippen LogP contribution in [0, 0.1) is 18.8 Å². The van der Waals surface area contributed by atoms with Crippen molar-refractivity contribution in [2.45, 2.75) is 13.5 Å². The van der Waals surface area contributed by atoms with E-state index in [2.05, 4.69) is 31.0 Å². The summed E-state index contributed by atoms with van der Waals surface area (Å²) in [6.07, 6.45) is 3.38. The van der Waals surface area contributed by atoms with Crippen LogP contribution in [-0.4, -0.2) is 46.2 Å². The predicted molar refractivity (Wildman–Crippen MR) is 77.7 cm³/mol. The first-order chi connectivity index (χ1) is 10.3. The maximum absolute atomic E-state index is 5.20. The lowest BCUT2D eigenvalue weighted by molar-refractivity contribution is 0.261. The van der Waals surface area contributed by atoms with Crippen molar-refractivity contribution in [1.29, 1.82) is 0 Å². The molecule has 21 heavy (non-hydrogen) atoms. The predicted octanol–water partition coefficient (Wildman–Crippen LogP) is 1.34. The zero-order valence-electron chi connectivity index (χ0n) is 12.1. The van der Waals surface area contributed by atoms with Crippen LogP contribution >= 0.6 is 0 Å². The second-order valence-corrected chi connectivity index (χ2v) is 6.12. The van der Waals surface area contributed by atoms with E-state index in [9.17, 15) is 0 Å². The minimum absolute atomic E-state index is 0.725. The zero-order chi connectivity index (χ0) is 14.2. The summed E-state index contributed by atoms with van der Waals surface area (Å²) < 4.78 is 5.20. The smallest absolute Gasteiger partial charge is 0.150 e. The first kappa shape index (κ1) is 12.8. The van der Waals surface area contributed by atoms with E-state index in [1.807, 2.05) is 13.0 Å². The molecular weight excluding hydrogens is 266 g/mol. The number of fused-ring (bicyclic) bond motifs is 1. The van der Waals surface area contributed by atoms with Crippen molar-refractivity contribution in [3.63, 3.8) is 0 Å². The van der Waals surface area contributed by atoms with Gasteiger partial charge in [-0.05, 0) is 18.8 Å². The molecule has 2 atom stereocenters. The third kappa shape index (κ3) is 2.51. The molecule has 0 spiro atoms. The number of nitrogens with zero attached hydrogens (tertiary/aromatic N) is 5. The fourth-order valence-corrected chi connectivity index (χ4v) is 3.56. The van der Waals surface area contributed by atoms with E-state index in [1.165, 1.54) is 0 Å². The number of aryl methyl sites for hydroxylation is 1.